The van der Waals surface area contributed by atoms with E-state index in [0.29, 0.717) is 0 Å². The third kappa shape index (κ3) is 4.16. The van der Waals surface area contributed by atoms with E-state index in [0.717, 1.165) is 16.9 Å². The number of esters is 1. The highest BCUT2D eigenvalue weighted by Gasteiger charge is 2.16. The molecule has 2 rings (SSSR count). The van der Waals surface area contributed by atoms with Gasteiger partial charge in [-0.2, -0.15) is 4.72 Å². The van der Waals surface area contributed by atoms with E-state index < -0.39 is 16.0 Å². The molecule has 106 valence electrons. The van der Waals surface area contributed by atoms with Gasteiger partial charge in [0.05, 0.1) is 0 Å². The molecular formula is C13H13NO4S2. The Bertz CT molecular complexity index is 651. The molecule has 0 aliphatic carbocycles. The minimum absolute atomic E-state index is 0.125. The fourth-order valence-electron chi connectivity index (χ4n) is 1.43. The number of carbonyl (C=O) groups is 1. The van der Waals surface area contributed by atoms with Crippen molar-refractivity contribution in [3.63, 3.8) is 0 Å². The second-order valence-electron chi connectivity index (χ2n) is 3.90. The molecule has 0 unspecified atom stereocenters. The molecule has 1 N–H and O–H groups in total. The average molecular weight is 311 g/mol. The van der Waals surface area contributed by atoms with Crippen molar-refractivity contribution in [3.05, 3.63) is 53.4 Å². The molecule has 5 nitrogen and oxygen atoms in total. The number of nitrogens with one attached hydrogen (secondary N) is 1. The van der Waals surface area contributed by atoms with Crippen LogP contribution in [0.5, 0.6) is 0 Å². The number of hydrogen-bond donors (Lipinski definition) is 1. The first-order valence-electron chi connectivity index (χ1n) is 5.81. The smallest absolute Gasteiger partial charge is 0.321 e. The van der Waals surface area contributed by atoms with E-state index in [9.17, 15) is 13.2 Å². The monoisotopic (exact) mass is 311 g/mol. The summed E-state index contributed by atoms with van der Waals surface area (Å²) >= 11 is 1.09. The van der Waals surface area contributed by atoms with Crippen LogP contribution in [0.2, 0.25) is 0 Å². The van der Waals surface area contributed by atoms with E-state index in [2.05, 4.69) is 4.72 Å². The zero-order chi connectivity index (χ0) is 14.4. The molecule has 1 aromatic heterocycles. The Kier molecular flexibility index (Phi) is 4.89. The fourth-order valence-corrected chi connectivity index (χ4v) is 3.44. The molecule has 0 saturated heterocycles. The highest BCUT2D eigenvalue weighted by molar-refractivity contribution is 7.91. The summed E-state index contributed by atoms with van der Waals surface area (Å²) in [7, 11) is -3.63. The van der Waals surface area contributed by atoms with Gasteiger partial charge in [-0.1, -0.05) is 36.4 Å². The molecule has 0 fully saturated rings. The average Bonchev–Trinajstić information content (AvgIpc) is 2.99. The molecule has 7 heteroatoms. The van der Waals surface area contributed by atoms with E-state index in [1.165, 1.54) is 6.07 Å². The van der Waals surface area contributed by atoms with Gasteiger partial charge < -0.3 is 4.74 Å². The second-order valence-corrected chi connectivity index (χ2v) is 6.84. The predicted molar refractivity (Wildman–Crippen MR) is 75.7 cm³/mol. The highest BCUT2D eigenvalue weighted by Crippen LogP contribution is 2.14. The van der Waals surface area contributed by atoms with Gasteiger partial charge in [0.15, 0.2) is 0 Å². The summed E-state index contributed by atoms with van der Waals surface area (Å²) in [5.41, 5.74) is 0.849. The number of ether oxygens (including phenoxy) is 1. The lowest BCUT2D eigenvalue weighted by Crippen LogP contribution is -2.30. The van der Waals surface area contributed by atoms with Crippen LogP contribution in [0.15, 0.2) is 52.1 Å². The molecular weight excluding hydrogens is 298 g/mol. The largest absolute Gasteiger partial charge is 0.460 e. The van der Waals surface area contributed by atoms with Crippen molar-refractivity contribution >= 4 is 27.3 Å². The number of sulfonamides is 1. The Morgan fingerprint density at radius 1 is 1.15 bits per heavy atom. The van der Waals surface area contributed by atoms with Gasteiger partial charge in [0.1, 0.15) is 17.4 Å². The molecule has 0 atom stereocenters. The molecule has 2 aromatic rings. The van der Waals surface area contributed by atoms with Crippen LogP contribution in [0.4, 0.5) is 0 Å². The molecule has 20 heavy (non-hydrogen) atoms. The summed E-state index contributed by atoms with van der Waals surface area (Å²) < 4.78 is 30.9. The molecule has 0 saturated carbocycles. The Hall–Kier alpha value is -1.70. The lowest BCUT2D eigenvalue weighted by atomic mass is 10.2. The van der Waals surface area contributed by atoms with Crippen LogP contribution in [-0.2, 0) is 26.2 Å². The third-order valence-corrected chi connectivity index (χ3v) is 5.21. The van der Waals surface area contributed by atoms with Crippen molar-refractivity contribution in [3.8, 4) is 0 Å². The Balaban J connectivity index is 1.81. The van der Waals surface area contributed by atoms with Crippen LogP contribution in [-0.4, -0.2) is 20.9 Å². The summed E-state index contributed by atoms with van der Waals surface area (Å²) in [6.07, 6.45) is 0. The number of thiophene rings is 1. The van der Waals surface area contributed by atoms with Crippen molar-refractivity contribution < 1.29 is 17.9 Å². The van der Waals surface area contributed by atoms with Crippen molar-refractivity contribution in [2.24, 2.45) is 0 Å². The van der Waals surface area contributed by atoms with Gasteiger partial charge in [0.2, 0.25) is 0 Å². The van der Waals surface area contributed by atoms with Crippen molar-refractivity contribution in [1.29, 1.82) is 0 Å². The standard InChI is InChI=1S/C13H13NO4S2/c15-12(18-10-11-5-2-1-3-6-11)9-14-20(16,17)13-7-4-8-19-13/h1-8,14H,9-10H2. The first kappa shape index (κ1) is 14.7. The second kappa shape index (κ2) is 6.65. The maximum atomic E-state index is 11.8. The molecule has 0 aliphatic rings. The van der Waals surface area contributed by atoms with Crippen LogP contribution >= 0.6 is 11.3 Å². The first-order chi connectivity index (χ1) is 9.58. The third-order valence-electron chi connectivity index (χ3n) is 2.41. The Morgan fingerprint density at radius 3 is 2.55 bits per heavy atom. The number of carbonyl (C=O) groups excluding carboxylic acids is 1. The number of hydrogen-bond acceptors (Lipinski definition) is 5. The topological polar surface area (TPSA) is 72.5 Å². The van der Waals surface area contributed by atoms with E-state index in [4.69, 9.17) is 4.74 Å². The van der Waals surface area contributed by atoms with E-state index in [-0.39, 0.29) is 17.4 Å². The summed E-state index contributed by atoms with van der Waals surface area (Å²) in [5, 5.41) is 1.66. The lowest BCUT2D eigenvalue weighted by molar-refractivity contribution is -0.143. The van der Waals surface area contributed by atoms with Crippen LogP contribution in [0, 0.1) is 0 Å². The first-order valence-corrected chi connectivity index (χ1v) is 8.17. The van der Waals surface area contributed by atoms with Gasteiger partial charge in [0.25, 0.3) is 10.0 Å². The predicted octanol–water partition coefficient (Wildman–Crippen LogP) is 1.77. The molecule has 0 aliphatic heterocycles. The van der Waals surface area contributed by atoms with E-state index in [1.807, 2.05) is 30.3 Å². The lowest BCUT2D eigenvalue weighted by Gasteiger charge is -2.06. The van der Waals surface area contributed by atoms with E-state index >= 15 is 0 Å². The molecule has 1 heterocycles. The van der Waals surface area contributed by atoms with Gasteiger partial charge in [-0.25, -0.2) is 8.42 Å². The maximum absolute atomic E-state index is 11.8. The zero-order valence-electron chi connectivity index (χ0n) is 10.5. The van der Waals surface area contributed by atoms with Crippen molar-refractivity contribution in [2.75, 3.05) is 6.54 Å². The van der Waals surface area contributed by atoms with Gasteiger partial charge in [-0.15, -0.1) is 11.3 Å². The van der Waals surface area contributed by atoms with Crippen LogP contribution in [0.3, 0.4) is 0 Å². The molecule has 0 bridgehead atoms. The minimum atomic E-state index is -3.63. The minimum Gasteiger partial charge on any atom is -0.460 e. The zero-order valence-corrected chi connectivity index (χ0v) is 12.1. The van der Waals surface area contributed by atoms with Gasteiger partial charge >= 0.3 is 5.97 Å². The summed E-state index contributed by atoms with van der Waals surface area (Å²) in [4.78, 5) is 11.5. The molecule has 0 amide bonds. The van der Waals surface area contributed by atoms with Crippen molar-refractivity contribution in [1.82, 2.24) is 4.72 Å². The summed E-state index contributed by atoms with van der Waals surface area (Å²) in [6.45, 7) is -0.256. The quantitative estimate of drug-likeness (QED) is 0.825. The van der Waals surface area contributed by atoms with E-state index in [1.54, 1.807) is 11.4 Å². The fraction of sp³-hybridized carbons (Fsp3) is 0.154. The van der Waals surface area contributed by atoms with Crippen molar-refractivity contribution in [2.45, 2.75) is 10.8 Å². The normalized spacial score (nSPS) is 11.2. The molecule has 1 aromatic carbocycles. The summed E-state index contributed by atoms with van der Waals surface area (Å²) in [5.74, 6) is -0.617. The molecule has 0 spiro atoms. The van der Waals surface area contributed by atoms with Gasteiger partial charge in [-0.3, -0.25) is 4.79 Å². The maximum Gasteiger partial charge on any atom is 0.321 e. The highest BCUT2D eigenvalue weighted by atomic mass is 32.2. The molecule has 0 radical (unpaired) electrons. The van der Waals surface area contributed by atoms with Gasteiger partial charge in [-0.05, 0) is 17.0 Å². The Morgan fingerprint density at radius 2 is 1.90 bits per heavy atom. The van der Waals surface area contributed by atoms with Crippen LogP contribution in [0.1, 0.15) is 5.56 Å². The Labute approximate surface area is 121 Å². The van der Waals surface area contributed by atoms with Crippen LogP contribution in [0.25, 0.3) is 0 Å². The number of benzene rings is 1. The van der Waals surface area contributed by atoms with Crippen LogP contribution < -0.4 is 4.72 Å². The SMILES string of the molecule is O=C(CNS(=O)(=O)c1cccs1)OCc1ccccc1. The summed E-state index contributed by atoms with van der Waals surface area (Å²) in [6, 6.07) is 12.3. The number of rotatable bonds is 6. The van der Waals surface area contributed by atoms with Gasteiger partial charge in [0, 0.05) is 0 Å².